The average Bonchev–Trinajstić information content (AvgIpc) is 2.73. The molecule has 0 atom stereocenters. The van der Waals surface area contributed by atoms with Crippen LogP contribution in [-0.2, 0) is 16.1 Å². The van der Waals surface area contributed by atoms with Gasteiger partial charge in [-0.15, -0.1) is 24.8 Å². The molecule has 6 nitrogen and oxygen atoms in total. The van der Waals surface area contributed by atoms with E-state index in [0.29, 0.717) is 0 Å². The summed E-state index contributed by atoms with van der Waals surface area (Å²) in [5.74, 6) is 0.187. The number of ether oxygens (including phenoxy) is 1. The molecule has 3 rings (SSSR count). The van der Waals surface area contributed by atoms with E-state index in [1.54, 1.807) is 7.11 Å². The first-order valence-electron chi connectivity index (χ1n) is 10.1. The van der Waals surface area contributed by atoms with E-state index < -0.39 is 5.60 Å². The Morgan fingerprint density at radius 1 is 1.10 bits per heavy atom. The molecule has 0 spiro atoms. The van der Waals surface area contributed by atoms with Crippen molar-refractivity contribution < 1.29 is 9.53 Å². The Hall–Kier alpha value is -0.890. The summed E-state index contributed by atoms with van der Waals surface area (Å²) < 4.78 is 5.70. The number of rotatable bonds is 7. The normalized spacial score (nSPS) is 19.3. The molecule has 1 N–H and O–H groups in total. The van der Waals surface area contributed by atoms with Crippen LogP contribution in [0.5, 0.6) is 0 Å². The zero-order valence-corrected chi connectivity index (χ0v) is 19.3. The molecule has 2 fully saturated rings. The molecular formula is C21H36Cl2N4O2. The van der Waals surface area contributed by atoms with Gasteiger partial charge >= 0.3 is 0 Å². The lowest BCUT2D eigenvalue weighted by atomic mass is 9.90. The van der Waals surface area contributed by atoms with E-state index in [1.165, 1.54) is 5.56 Å². The Labute approximate surface area is 187 Å². The Bertz CT molecular complexity index is 592. The van der Waals surface area contributed by atoms with Gasteiger partial charge in [0.2, 0.25) is 0 Å². The smallest absolute Gasteiger partial charge is 0.254 e. The van der Waals surface area contributed by atoms with Crippen molar-refractivity contribution in [2.24, 2.45) is 0 Å². The van der Waals surface area contributed by atoms with E-state index in [-0.39, 0.29) is 30.7 Å². The molecule has 8 heteroatoms. The van der Waals surface area contributed by atoms with E-state index in [9.17, 15) is 4.79 Å². The number of piperidine rings is 1. The van der Waals surface area contributed by atoms with Crippen LogP contribution in [0.15, 0.2) is 30.3 Å². The van der Waals surface area contributed by atoms with Crippen LogP contribution in [0.25, 0.3) is 0 Å². The van der Waals surface area contributed by atoms with Crippen molar-refractivity contribution in [2.75, 3.05) is 66.5 Å². The van der Waals surface area contributed by atoms with E-state index in [2.05, 4.69) is 52.5 Å². The summed E-state index contributed by atoms with van der Waals surface area (Å²) in [5, 5.41) is 3.32. The monoisotopic (exact) mass is 446 g/mol. The first-order chi connectivity index (χ1) is 13.1. The topological polar surface area (TPSA) is 48.1 Å². The molecule has 166 valence electrons. The highest BCUT2D eigenvalue weighted by atomic mass is 35.5. The molecule has 2 aliphatic rings. The van der Waals surface area contributed by atoms with Gasteiger partial charge in [0.1, 0.15) is 5.60 Å². The van der Waals surface area contributed by atoms with Crippen LogP contribution in [-0.4, -0.2) is 92.7 Å². The molecule has 1 amide bonds. The van der Waals surface area contributed by atoms with Crippen LogP contribution < -0.4 is 5.32 Å². The molecule has 0 aliphatic carbocycles. The van der Waals surface area contributed by atoms with Crippen LogP contribution in [0, 0.1) is 0 Å². The van der Waals surface area contributed by atoms with Crippen molar-refractivity contribution >= 4 is 30.7 Å². The van der Waals surface area contributed by atoms with Gasteiger partial charge in [0.25, 0.3) is 5.91 Å². The summed E-state index contributed by atoms with van der Waals surface area (Å²) >= 11 is 0. The third-order valence-electron chi connectivity index (χ3n) is 5.94. The fourth-order valence-corrected chi connectivity index (χ4v) is 4.08. The molecule has 1 aromatic rings. The van der Waals surface area contributed by atoms with Crippen molar-refractivity contribution in [2.45, 2.75) is 25.0 Å². The lowest BCUT2D eigenvalue weighted by Gasteiger charge is -2.42. The molecule has 0 aromatic heterocycles. The number of hydrogen-bond acceptors (Lipinski definition) is 5. The molecule has 0 unspecified atom stereocenters. The number of piperazine rings is 1. The quantitative estimate of drug-likeness (QED) is 0.692. The zero-order valence-electron chi connectivity index (χ0n) is 17.6. The van der Waals surface area contributed by atoms with Crippen LogP contribution in [0.2, 0.25) is 0 Å². The Balaban J connectivity index is 0.00000210. The van der Waals surface area contributed by atoms with E-state index in [1.807, 2.05) is 4.90 Å². The molecule has 29 heavy (non-hydrogen) atoms. The van der Waals surface area contributed by atoms with Crippen LogP contribution in [0.3, 0.4) is 0 Å². The fraction of sp³-hybridized carbons (Fsp3) is 0.667. The van der Waals surface area contributed by atoms with Crippen molar-refractivity contribution in [3.05, 3.63) is 35.9 Å². The second-order valence-corrected chi connectivity index (χ2v) is 7.81. The highest BCUT2D eigenvalue weighted by Gasteiger charge is 2.42. The maximum Gasteiger partial charge on any atom is 0.254 e. The summed E-state index contributed by atoms with van der Waals surface area (Å²) in [5.41, 5.74) is 0.741. The first-order valence-corrected chi connectivity index (χ1v) is 10.1. The lowest BCUT2D eigenvalue weighted by molar-refractivity contribution is -0.160. The van der Waals surface area contributed by atoms with E-state index in [4.69, 9.17) is 4.74 Å². The molecule has 1 aromatic carbocycles. The second-order valence-electron chi connectivity index (χ2n) is 7.81. The van der Waals surface area contributed by atoms with Crippen LogP contribution in [0.1, 0.15) is 18.4 Å². The van der Waals surface area contributed by atoms with Crippen LogP contribution >= 0.6 is 24.8 Å². The van der Waals surface area contributed by atoms with Gasteiger partial charge in [0, 0.05) is 52.9 Å². The Morgan fingerprint density at radius 2 is 1.72 bits per heavy atom. The predicted octanol–water partition coefficient (Wildman–Crippen LogP) is 1.87. The number of methoxy groups -OCH3 is 1. The molecule has 2 heterocycles. The predicted molar refractivity (Wildman–Crippen MR) is 122 cm³/mol. The highest BCUT2D eigenvalue weighted by Crippen LogP contribution is 2.25. The molecule has 0 saturated carbocycles. The number of nitrogens with zero attached hydrogens (tertiary/aromatic N) is 3. The number of hydrogen-bond donors (Lipinski definition) is 1. The molecule has 0 radical (unpaired) electrons. The third-order valence-corrected chi connectivity index (χ3v) is 5.94. The van der Waals surface area contributed by atoms with Gasteiger partial charge in [0.15, 0.2) is 0 Å². The number of likely N-dealkylation sites (N-methyl/N-ethyl adjacent to an activating group) is 1. The highest BCUT2D eigenvalue weighted by molar-refractivity contribution is 5.86. The summed E-state index contributed by atoms with van der Waals surface area (Å²) in [6.07, 6.45) is 1.54. The van der Waals surface area contributed by atoms with Crippen molar-refractivity contribution in [1.29, 1.82) is 0 Å². The van der Waals surface area contributed by atoms with Gasteiger partial charge in [-0.05, 0) is 38.5 Å². The van der Waals surface area contributed by atoms with E-state index in [0.717, 1.165) is 71.7 Å². The summed E-state index contributed by atoms with van der Waals surface area (Å²) in [7, 11) is 3.86. The fourth-order valence-electron chi connectivity index (χ4n) is 4.08. The number of benzene rings is 1. The van der Waals surface area contributed by atoms with Crippen molar-refractivity contribution in [1.82, 2.24) is 20.0 Å². The van der Waals surface area contributed by atoms with Crippen molar-refractivity contribution in [3.63, 3.8) is 0 Å². The standard InChI is InChI=1S/C21H34N4O2.2ClH/c1-23(18-19-6-4-3-5-7-19)12-13-24-14-16-25(17-15-24)20(26)21(27-2)8-10-22-11-9-21;;/h3-7,22H,8-18H2,1-2H3;2*1H. The summed E-state index contributed by atoms with van der Waals surface area (Å²) in [6.45, 7) is 8.27. The number of halogens is 2. The lowest BCUT2D eigenvalue weighted by Crippen LogP contribution is -2.59. The maximum absolute atomic E-state index is 13.0. The minimum Gasteiger partial charge on any atom is -0.368 e. The Morgan fingerprint density at radius 3 is 2.31 bits per heavy atom. The largest absolute Gasteiger partial charge is 0.368 e. The van der Waals surface area contributed by atoms with Gasteiger partial charge in [0.05, 0.1) is 0 Å². The minimum absolute atomic E-state index is 0. The summed E-state index contributed by atoms with van der Waals surface area (Å²) in [4.78, 5) is 19.9. The van der Waals surface area contributed by atoms with Gasteiger partial charge in [-0.3, -0.25) is 9.69 Å². The van der Waals surface area contributed by atoms with Crippen LogP contribution in [0.4, 0.5) is 0 Å². The van der Waals surface area contributed by atoms with Gasteiger partial charge < -0.3 is 19.9 Å². The van der Waals surface area contributed by atoms with E-state index >= 15 is 0 Å². The minimum atomic E-state index is -0.608. The zero-order chi connectivity index (χ0) is 19.1. The average molecular weight is 447 g/mol. The molecular weight excluding hydrogens is 411 g/mol. The number of nitrogens with one attached hydrogen (secondary N) is 1. The second kappa shape index (κ2) is 12.7. The molecule has 2 saturated heterocycles. The molecule has 2 aliphatic heterocycles. The van der Waals surface area contributed by atoms with Gasteiger partial charge in [-0.2, -0.15) is 0 Å². The van der Waals surface area contributed by atoms with Gasteiger partial charge in [-0.1, -0.05) is 30.3 Å². The maximum atomic E-state index is 13.0. The van der Waals surface area contributed by atoms with Gasteiger partial charge in [-0.25, -0.2) is 0 Å². The SMILES string of the molecule is COC1(C(=O)N2CCN(CCN(C)Cc3ccccc3)CC2)CCNCC1.Cl.Cl. The number of carbonyl (C=O) groups excluding carboxylic acids is 1. The third kappa shape index (κ3) is 7.09. The number of carbonyl (C=O) groups is 1. The first kappa shape index (κ1) is 26.1. The number of amides is 1. The Kier molecular flexibility index (Phi) is 11.5. The summed E-state index contributed by atoms with van der Waals surface area (Å²) in [6, 6.07) is 10.6. The van der Waals surface area contributed by atoms with Crippen molar-refractivity contribution in [3.8, 4) is 0 Å². The molecule has 0 bridgehead atoms.